The highest BCUT2D eigenvalue weighted by molar-refractivity contribution is 7.19. The van der Waals surface area contributed by atoms with E-state index >= 15 is 0 Å². The summed E-state index contributed by atoms with van der Waals surface area (Å²) < 4.78 is 22.4. The molecule has 0 atom stereocenters. The van der Waals surface area contributed by atoms with Gasteiger partial charge in [-0.3, -0.25) is 4.90 Å². The van der Waals surface area contributed by atoms with E-state index in [1.54, 1.807) is 32.6 Å². The molecule has 0 fully saturated rings. The van der Waals surface area contributed by atoms with Gasteiger partial charge >= 0.3 is 6.09 Å². The van der Waals surface area contributed by atoms with Gasteiger partial charge in [-0.1, -0.05) is 12.1 Å². The van der Waals surface area contributed by atoms with Gasteiger partial charge in [-0.15, -0.1) is 11.3 Å². The van der Waals surface area contributed by atoms with Crippen molar-refractivity contribution in [1.82, 2.24) is 4.98 Å². The van der Waals surface area contributed by atoms with Crippen LogP contribution in [-0.2, 0) is 9.47 Å². The lowest BCUT2D eigenvalue weighted by Crippen LogP contribution is -2.34. The van der Waals surface area contributed by atoms with Gasteiger partial charge in [-0.25, -0.2) is 9.78 Å². The van der Waals surface area contributed by atoms with Gasteiger partial charge in [0.05, 0.1) is 23.0 Å². The van der Waals surface area contributed by atoms with Crippen molar-refractivity contribution in [3.8, 4) is 11.5 Å². The maximum atomic E-state index is 12.5. The van der Waals surface area contributed by atoms with Gasteiger partial charge < -0.3 is 18.9 Å². The Labute approximate surface area is 198 Å². The van der Waals surface area contributed by atoms with Crippen LogP contribution in [0.3, 0.4) is 0 Å². The highest BCUT2D eigenvalue weighted by atomic mass is 32.1. The fourth-order valence-corrected chi connectivity index (χ4v) is 4.03. The molecule has 0 aliphatic rings. The number of hydrogen-bond acceptors (Lipinski definition) is 7. The highest BCUT2D eigenvalue weighted by Crippen LogP contribution is 2.32. The molecule has 0 saturated heterocycles. The molecule has 0 N–H and O–H groups in total. The number of carbonyl (C=O) groups is 1. The molecular formula is C25H30N2O5S. The number of aryl methyl sites for hydroxylation is 1. The second kappa shape index (κ2) is 10.2. The maximum absolute atomic E-state index is 12.5. The Morgan fingerprint density at radius 3 is 2.55 bits per heavy atom. The number of hydrogen-bond donors (Lipinski definition) is 0. The summed E-state index contributed by atoms with van der Waals surface area (Å²) in [7, 11) is 4.89. The van der Waals surface area contributed by atoms with Gasteiger partial charge in [-0.05, 0) is 69.2 Å². The van der Waals surface area contributed by atoms with Crippen molar-refractivity contribution in [3.63, 3.8) is 0 Å². The quantitative estimate of drug-likeness (QED) is 0.387. The second-order valence-electron chi connectivity index (χ2n) is 8.49. The first-order valence-corrected chi connectivity index (χ1v) is 11.3. The van der Waals surface area contributed by atoms with E-state index in [-0.39, 0.29) is 12.9 Å². The summed E-state index contributed by atoms with van der Waals surface area (Å²) in [6, 6.07) is 9.65. The number of nitrogens with zero attached hydrogens (tertiary/aromatic N) is 2. The monoisotopic (exact) mass is 470 g/mol. The zero-order chi connectivity index (χ0) is 24.2. The summed E-state index contributed by atoms with van der Waals surface area (Å²) in [6.07, 6.45) is 3.55. The van der Waals surface area contributed by atoms with E-state index in [0.717, 1.165) is 32.0 Å². The minimum absolute atomic E-state index is 0.155. The first-order chi connectivity index (χ1) is 15.6. The summed E-state index contributed by atoms with van der Waals surface area (Å²) in [6.45, 7) is 7.68. The molecule has 1 aromatic heterocycles. The van der Waals surface area contributed by atoms with Crippen molar-refractivity contribution in [1.29, 1.82) is 0 Å². The zero-order valence-corrected chi connectivity index (χ0v) is 20.9. The third-order valence-electron chi connectivity index (χ3n) is 4.69. The summed E-state index contributed by atoms with van der Waals surface area (Å²) in [5, 5.41) is 0.861. The molecular weight excluding hydrogens is 440 g/mol. The number of benzene rings is 2. The van der Waals surface area contributed by atoms with Crippen LogP contribution < -0.4 is 14.4 Å². The number of ether oxygens (including phenoxy) is 4. The Morgan fingerprint density at radius 2 is 1.88 bits per heavy atom. The third-order valence-corrected chi connectivity index (χ3v) is 5.67. The smallest absolute Gasteiger partial charge is 0.414 e. The van der Waals surface area contributed by atoms with E-state index in [2.05, 4.69) is 0 Å². The molecule has 8 heteroatoms. The van der Waals surface area contributed by atoms with Crippen LogP contribution in [-0.4, -0.2) is 44.7 Å². The Balaban J connectivity index is 1.83. The van der Waals surface area contributed by atoms with E-state index < -0.39 is 5.60 Å². The predicted octanol–water partition coefficient (Wildman–Crippen LogP) is 6.14. The Morgan fingerprint density at radius 1 is 1.12 bits per heavy atom. The lowest BCUT2D eigenvalue weighted by molar-refractivity contribution is 0.0491. The summed E-state index contributed by atoms with van der Waals surface area (Å²) in [4.78, 5) is 18.8. The van der Waals surface area contributed by atoms with Gasteiger partial charge in [0, 0.05) is 14.2 Å². The molecule has 0 spiro atoms. The number of thiazole rings is 1. The van der Waals surface area contributed by atoms with Gasteiger partial charge in [0.1, 0.15) is 10.6 Å². The predicted molar refractivity (Wildman–Crippen MR) is 133 cm³/mol. The number of carbonyl (C=O) groups excluding carboxylic acids is 1. The molecule has 0 saturated carbocycles. The number of anilines is 1. The van der Waals surface area contributed by atoms with Crippen LogP contribution in [0.1, 0.15) is 36.9 Å². The number of amides is 1. The topological polar surface area (TPSA) is 70.1 Å². The molecule has 33 heavy (non-hydrogen) atoms. The standard InChI is InChI=1S/C25H30N2O5S/c1-16-12-18-22(14-19(16)27(5)24(28)32-25(2,3)4)33-23(26-18)11-9-17-8-10-20(31-15-29-6)21(13-17)30-7/h8-14H,15H2,1-7H3/b11-9+. The molecule has 0 bridgehead atoms. The summed E-state index contributed by atoms with van der Waals surface area (Å²) in [5.74, 6) is 1.25. The maximum Gasteiger partial charge on any atom is 0.414 e. The van der Waals surface area contributed by atoms with Crippen molar-refractivity contribution in [3.05, 3.63) is 46.5 Å². The van der Waals surface area contributed by atoms with E-state index in [9.17, 15) is 4.79 Å². The second-order valence-corrected chi connectivity index (χ2v) is 9.55. The van der Waals surface area contributed by atoms with Crippen LogP contribution in [0.5, 0.6) is 11.5 Å². The normalized spacial score (nSPS) is 11.7. The molecule has 1 heterocycles. The minimum Gasteiger partial charge on any atom is -0.493 e. The largest absolute Gasteiger partial charge is 0.493 e. The molecule has 2 aromatic carbocycles. The highest BCUT2D eigenvalue weighted by Gasteiger charge is 2.22. The average molecular weight is 471 g/mol. The van der Waals surface area contributed by atoms with E-state index in [0.29, 0.717) is 11.5 Å². The Hall–Kier alpha value is -3.10. The fourth-order valence-electron chi connectivity index (χ4n) is 3.14. The lowest BCUT2D eigenvalue weighted by atomic mass is 10.1. The molecule has 1 amide bonds. The van der Waals surface area contributed by atoms with Crippen LogP contribution in [0.4, 0.5) is 10.5 Å². The summed E-state index contributed by atoms with van der Waals surface area (Å²) in [5.41, 5.74) is 3.04. The van der Waals surface area contributed by atoms with Gasteiger partial charge in [0.25, 0.3) is 0 Å². The SMILES string of the molecule is COCOc1ccc(/C=C/c2nc3cc(C)c(N(C)C(=O)OC(C)(C)C)cc3s2)cc1OC. The van der Waals surface area contributed by atoms with Crippen LogP contribution >= 0.6 is 11.3 Å². The molecule has 0 radical (unpaired) electrons. The Kier molecular flexibility index (Phi) is 7.61. The Bertz CT molecular complexity index is 1160. The van der Waals surface area contributed by atoms with Crippen molar-refractivity contribution in [2.45, 2.75) is 33.3 Å². The number of fused-ring (bicyclic) bond motifs is 1. The molecule has 176 valence electrons. The van der Waals surface area contributed by atoms with Crippen LogP contribution in [0.2, 0.25) is 0 Å². The number of methoxy groups -OCH3 is 2. The van der Waals surface area contributed by atoms with Crippen molar-refractivity contribution in [2.75, 3.05) is 33.0 Å². The van der Waals surface area contributed by atoms with Crippen LogP contribution in [0, 0.1) is 6.92 Å². The van der Waals surface area contributed by atoms with Crippen LogP contribution in [0.25, 0.3) is 22.4 Å². The first kappa shape index (κ1) is 24.5. The third kappa shape index (κ3) is 6.24. The number of aromatic nitrogens is 1. The van der Waals surface area contributed by atoms with E-state index in [1.807, 2.05) is 70.2 Å². The number of rotatable bonds is 7. The van der Waals surface area contributed by atoms with Gasteiger partial charge in [-0.2, -0.15) is 0 Å². The first-order valence-electron chi connectivity index (χ1n) is 10.5. The van der Waals surface area contributed by atoms with Gasteiger partial charge in [0.15, 0.2) is 18.3 Å². The van der Waals surface area contributed by atoms with Crippen molar-refractivity contribution < 1.29 is 23.7 Å². The molecule has 0 aliphatic heterocycles. The van der Waals surface area contributed by atoms with Crippen molar-refractivity contribution in [2.24, 2.45) is 0 Å². The molecule has 3 aromatic rings. The van der Waals surface area contributed by atoms with E-state index in [1.165, 1.54) is 4.90 Å². The van der Waals surface area contributed by atoms with Crippen LogP contribution in [0.15, 0.2) is 30.3 Å². The van der Waals surface area contributed by atoms with Crippen molar-refractivity contribution >= 4 is 45.5 Å². The fraction of sp³-hybridized carbons (Fsp3) is 0.360. The molecule has 0 unspecified atom stereocenters. The molecule has 0 aliphatic carbocycles. The molecule has 7 nitrogen and oxygen atoms in total. The summed E-state index contributed by atoms with van der Waals surface area (Å²) >= 11 is 1.56. The molecule has 3 rings (SSSR count). The van der Waals surface area contributed by atoms with Gasteiger partial charge in [0.2, 0.25) is 0 Å². The zero-order valence-electron chi connectivity index (χ0n) is 20.1. The lowest BCUT2D eigenvalue weighted by Gasteiger charge is -2.25. The van der Waals surface area contributed by atoms with E-state index in [4.69, 9.17) is 23.9 Å². The minimum atomic E-state index is -0.553. The average Bonchev–Trinajstić information content (AvgIpc) is 3.15.